The maximum Gasteiger partial charge on any atom is 0.245 e. The summed E-state index contributed by atoms with van der Waals surface area (Å²) in [5, 5.41) is 0. The van der Waals surface area contributed by atoms with E-state index in [2.05, 4.69) is 4.98 Å². The topological polar surface area (TPSA) is 62.7 Å². The molecule has 170 valence electrons. The number of carbonyl (C=O) groups is 2. The lowest BCUT2D eigenvalue weighted by molar-refractivity contribution is -0.150. The van der Waals surface area contributed by atoms with Gasteiger partial charge in [-0.1, -0.05) is 48.5 Å². The minimum atomic E-state index is -0.543. The summed E-state index contributed by atoms with van der Waals surface area (Å²) in [5.41, 5.74) is 3.88. The van der Waals surface area contributed by atoms with Crippen LogP contribution in [0.15, 0.2) is 73.1 Å². The third-order valence-electron chi connectivity index (χ3n) is 6.22. The predicted molar refractivity (Wildman–Crippen MR) is 128 cm³/mol. The molecule has 0 saturated carbocycles. The lowest BCUT2D eigenvalue weighted by Gasteiger charge is -2.40. The SMILES string of the molecule is CCN1CCN(C(=O)Cc2ccccc2OC)[C@H](Cc2ccccc2-c2cccnc2)C1=O. The van der Waals surface area contributed by atoms with Crippen molar-refractivity contribution in [3.63, 3.8) is 0 Å². The molecule has 3 aromatic rings. The lowest BCUT2D eigenvalue weighted by atomic mass is 9.93. The van der Waals surface area contributed by atoms with Gasteiger partial charge in [0.2, 0.25) is 11.8 Å². The third kappa shape index (κ3) is 4.90. The molecule has 1 saturated heterocycles. The summed E-state index contributed by atoms with van der Waals surface area (Å²) in [7, 11) is 1.60. The largest absolute Gasteiger partial charge is 0.496 e. The molecule has 2 amide bonds. The van der Waals surface area contributed by atoms with Crippen LogP contribution < -0.4 is 4.74 Å². The van der Waals surface area contributed by atoms with E-state index in [1.807, 2.05) is 78.7 Å². The number of amides is 2. The van der Waals surface area contributed by atoms with E-state index in [0.717, 1.165) is 22.3 Å². The molecule has 0 spiro atoms. The number of likely N-dealkylation sites (N-methyl/N-ethyl adjacent to an activating group) is 1. The van der Waals surface area contributed by atoms with Gasteiger partial charge < -0.3 is 14.5 Å². The van der Waals surface area contributed by atoms with Gasteiger partial charge in [-0.3, -0.25) is 14.6 Å². The van der Waals surface area contributed by atoms with Crippen LogP contribution in [0.25, 0.3) is 11.1 Å². The Morgan fingerprint density at radius 3 is 2.52 bits per heavy atom. The Morgan fingerprint density at radius 2 is 1.79 bits per heavy atom. The van der Waals surface area contributed by atoms with Crippen molar-refractivity contribution < 1.29 is 14.3 Å². The number of rotatable bonds is 7. The molecule has 0 N–H and O–H groups in total. The number of aromatic nitrogens is 1. The van der Waals surface area contributed by atoms with Crippen molar-refractivity contribution in [3.8, 4) is 16.9 Å². The van der Waals surface area contributed by atoms with Crippen LogP contribution in [0.1, 0.15) is 18.1 Å². The highest BCUT2D eigenvalue weighted by molar-refractivity contribution is 5.90. The summed E-state index contributed by atoms with van der Waals surface area (Å²) < 4.78 is 5.42. The van der Waals surface area contributed by atoms with Crippen molar-refractivity contribution in [2.24, 2.45) is 0 Å². The fraction of sp³-hybridized carbons (Fsp3) is 0.296. The van der Waals surface area contributed by atoms with Crippen LogP contribution in [0.2, 0.25) is 0 Å². The number of hydrogen-bond acceptors (Lipinski definition) is 4. The summed E-state index contributed by atoms with van der Waals surface area (Å²) in [5.74, 6) is 0.619. The van der Waals surface area contributed by atoms with E-state index < -0.39 is 6.04 Å². The number of hydrogen-bond donors (Lipinski definition) is 0. The Labute approximate surface area is 194 Å². The van der Waals surface area contributed by atoms with Crippen molar-refractivity contribution in [2.45, 2.75) is 25.8 Å². The number of benzene rings is 2. The van der Waals surface area contributed by atoms with Gasteiger partial charge in [-0.05, 0) is 30.2 Å². The number of methoxy groups -OCH3 is 1. The molecule has 2 heterocycles. The number of pyridine rings is 1. The first-order valence-corrected chi connectivity index (χ1v) is 11.3. The van der Waals surface area contributed by atoms with E-state index in [9.17, 15) is 9.59 Å². The molecule has 0 bridgehead atoms. The first kappa shape index (κ1) is 22.5. The van der Waals surface area contributed by atoms with Crippen LogP contribution in [-0.2, 0) is 22.4 Å². The summed E-state index contributed by atoms with van der Waals surface area (Å²) >= 11 is 0. The van der Waals surface area contributed by atoms with Crippen LogP contribution in [0.4, 0.5) is 0 Å². The van der Waals surface area contributed by atoms with Gasteiger partial charge in [-0.25, -0.2) is 0 Å². The van der Waals surface area contributed by atoms with Crippen LogP contribution in [0.3, 0.4) is 0 Å². The zero-order valence-corrected chi connectivity index (χ0v) is 19.1. The zero-order chi connectivity index (χ0) is 23.2. The minimum Gasteiger partial charge on any atom is -0.496 e. The molecule has 6 nitrogen and oxygen atoms in total. The Bertz CT molecular complexity index is 1120. The highest BCUT2D eigenvalue weighted by Crippen LogP contribution is 2.27. The monoisotopic (exact) mass is 443 g/mol. The van der Waals surface area contributed by atoms with Crippen molar-refractivity contribution in [2.75, 3.05) is 26.7 Å². The molecule has 4 rings (SSSR count). The van der Waals surface area contributed by atoms with Gasteiger partial charge in [0, 0.05) is 49.6 Å². The predicted octanol–water partition coefficient (Wildman–Crippen LogP) is 3.60. The quantitative estimate of drug-likeness (QED) is 0.560. The molecule has 0 aliphatic carbocycles. The van der Waals surface area contributed by atoms with Crippen molar-refractivity contribution in [1.29, 1.82) is 0 Å². The fourth-order valence-corrected chi connectivity index (χ4v) is 4.47. The maximum absolute atomic E-state index is 13.4. The molecule has 1 fully saturated rings. The highest BCUT2D eigenvalue weighted by Gasteiger charge is 2.37. The Balaban J connectivity index is 1.64. The highest BCUT2D eigenvalue weighted by atomic mass is 16.5. The molecule has 2 aromatic carbocycles. The second kappa shape index (κ2) is 10.3. The van der Waals surface area contributed by atoms with E-state index in [4.69, 9.17) is 4.74 Å². The molecule has 33 heavy (non-hydrogen) atoms. The van der Waals surface area contributed by atoms with Gasteiger partial charge in [-0.15, -0.1) is 0 Å². The summed E-state index contributed by atoms with van der Waals surface area (Å²) in [6.07, 6.45) is 4.22. The van der Waals surface area contributed by atoms with Gasteiger partial charge in [0.05, 0.1) is 13.5 Å². The van der Waals surface area contributed by atoms with E-state index in [1.165, 1.54) is 0 Å². The average molecular weight is 444 g/mol. The Kier molecular flexibility index (Phi) is 7.03. The van der Waals surface area contributed by atoms with Crippen LogP contribution in [0, 0.1) is 0 Å². The van der Waals surface area contributed by atoms with Crippen molar-refractivity contribution in [1.82, 2.24) is 14.8 Å². The molecular formula is C27H29N3O3. The van der Waals surface area contributed by atoms with E-state index in [-0.39, 0.29) is 18.2 Å². The average Bonchev–Trinajstić information content (AvgIpc) is 2.86. The second-order valence-electron chi connectivity index (χ2n) is 8.11. The van der Waals surface area contributed by atoms with Crippen LogP contribution in [0.5, 0.6) is 5.75 Å². The zero-order valence-electron chi connectivity index (χ0n) is 19.1. The smallest absolute Gasteiger partial charge is 0.245 e. The molecule has 1 aliphatic heterocycles. The van der Waals surface area contributed by atoms with Gasteiger partial charge >= 0.3 is 0 Å². The first-order chi connectivity index (χ1) is 16.1. The first-order valence-electron chi connectivity index (χ1n) is 11.3. The Morgan fingerprint density at radius 1 is 1.03 bits per heavy atom. The maximum atomic E-state index is 13.4. The lowest BCUT2D eigenvalue weighted by Crippen LogP contribution is -2.59. The van der Waals surface area contributed by atoms with Crippen molar-refractivity contribution in [3.05, 3.63) is 84.2 Å². The minimum absolute atomic E-state index is 0.00174. The summed E-state index contributed by atoms with van der Waals surface area (Å²) in [6, 6.07) is 18.9. The van der Waals surface area contributed by atoms with E-state index in [0.29, 0.717) is 31.8 Å². The van der Waals surface area contributed by atoms with Crippen LogP contribution in [-0.4, -0.2) is 59.4 Å². The molecule has 6 heteroatoms. The Hall–Kier alpha value is -3.67. The second-order valence-corrected chi connectivity index (χ2v) is 8.11. The fourth-order valence-electron chi connectivity index (χ4n) is 4.47. The molecule has 1 aromatic heterocycles. The number of carbonyl (C=O) groups excluding carboxylic acids is 2. The number of para-hydroxylation sites is 1. The standard InChI is InChI=1S/C27H29N3O3/c1-3-29-15-16-30(26(31)18-21-10-5-7-13-25(21)33-2)24(27(29)32)17-20-9-4-6-12-23(20)22-11-8-14-28-19-22/h4-14,19,24H,3,15-18H2,1-2H3/t24-/m1/s1. The van der Waals surface area contributed by atoms with Gasteiger partial charge in [-0.2, -0.15) is 0 Å². The summed E-state index contributed by atoms with van der Waals surface area (Å²) in [6.45, 7) is 3.68. The molecule has 0 unspecified atom stereocenters. The van der Waals surface area contributed by atoms with Gasteiger partial charge in [0.15, 0.2) is 0 Å². The van der Waals surface area contributed by atoms with Crippen molar-refractivity contribution >= 4 is 11.8 Å². The molecule has 1 atom stereocenters. The van der Waals surface area contributed by atoms with Gasteiger partial charge in [0.25, 0.3) is 0 Å². The molecular weight excluding hydrogens is 414 g/mol. The molecule has 1 aliphatic rings. The molecule has 0 radical (unpaired) electrons. The van der Waals surface area contributed by atoms with Crippen LogP contribution >= 0.6 is 0 Å². The van der Waals surface area contributed by atoms with Gasteiger partial charge in [0.1, 0.15) is 11.8 Å². The summed E-state index contributed by atoms with van der Waals surface area (Å²) in [4.78, 5) is 34.6. The number of ether oxygens (including phenoxy) is 1. The normalized spacial score (nSPS) is 16.1. The van der Waals surface area contributed by atoms with E-state index in [1.54, 1.807) is 18.2 Å². The third-order valence-corrected chi connectivity index (χ3v) is 6.22. The number of piperazine rings is 1. The van der Waals surface area contributed by atoms with E-state index >= 15 is 0 Å². The number of nitrogens with zero attached hydrogens (tertiary/aromatic N) is 3.